The summed E-state index contributed by atoms with van der Waals surface area (Å²) in [6.07, 6.45) is 7.11. The van der Waals surface area contributed by atoms with Crippen LogP contribution in [-0.2, 0) is 0 Å². The van der Waals surface area contributed by atoms with Crippen molar-refractivity contribution in [2.75, 3.05) is 0 Å². The van der Waals surface area contributed by atoms with Gasteiger partial charge in [0.25, 0.3) is 0 Å². The fraction of sp³-hybridized carbons (Fsp3) is 1.00. The first-order chi connectivity index (χ1) is 3.00. The molecule has 33 valence electrons. The van der Waals surface area contributed by atoms with Crippen LogP contribution in [0.4, 0.5) is 0 Å². The first-order valence-electron chi connectivity index (χ1n) is 2.82. The smallest absolute Gasteiger partial charge is 0.0803 e. The molecule has 0 aromatic carbocycles. The van der Waals surface area contributed by atoms with Gasteiger partial charge in [0.05, 0.1) is 0 Å². The van der Waals surface area contributed by atoms with Crippen LogP contribution in [0.2, 0.25) is 12.6 Å². The summed E-state index contributed by atoms with van der Waals surface area (Å²) in [5.74, 6) is 0. The van der Waals surface area contributed by atoms with E-state index in [4.69, 9.17) is 0 Å². The van der Waals surface area contributed by atoms with Gasteiger partial charge < -0.3 is 0 Å². The Bertz CT molecular complexity index is 19.4. The van der Waals surface area contributed by atoms with E-state index in [1.54, 1.807) is 0 Å². The van der Waals surface area contributed by atoms with Crippen LogP contribution in [0.5, 0.6) is 0 Å². The number of hydrogen-bond donors (Lipinski definition) is 0. The Hall–Kier alpha value is 0.0649. The molecule has 0 atom stereocenters. The Morgan fingerprint density at radius 2 is 1.50 bits per heavy atom. The molecule has 1 aliphatic rings. The lowest BCUT2D eigenvalue weighted by molar-refractivity contribution is 0.734. The molecule has 0 unspecified atom stereocenters. The summed E-state index contributed by atoms with van der Waals surface area (Å²) in [4.78, 5) is 0. The Morgan fingerprint density at radius 1 is 0.833 bits per heavy atom. The van der Waals surface area contributed by atoms with Gasteiger partial charge in [-0.1, -0.05) is 31.9 Å². The minimum Gasteiger partial charge on any atom is -0.0803 e. The van der Waals surface area contributed by atoms with E-state index in [1.165, 1.54) is 31.9 Å². The van der Waals surface area contributed by atoms with E-state index in [9.17, 15) is 0 Å². The quantitative estimate of drug-likeness (QED) is 0.389. The molecule has 0 nitrogen and oxygen atoms in total. The molecule has 1 aliphatic heterocycles. The largest absolute Gasteiger partial charge is 0.109 e. The molecule has 0 aliphatic carbocycles. The molecule has 0 saturated carbocycles. The Kier molecular flexibility index (Phi) is 1.60. The van der Waals surface area contributed by atoms with Gasteiger partial charge in [-0.05, 0) is 0 Å². The lowest BCUT2D eigenvalue weighted by Gasteiger charge is -2.04. The van der Waals surface area contributed by atoms with Crippen molar-refractivity contribution in [3.8, 4) is 0 Å². The van der Waals surface area contributed by atoms with Gasteiger partial charge in [0.15, 0.2) is 0 Å². The van der Waals surface area contributed by atoms with Crippen molar-refractivity contribution in [1.29, 1.82) is 0 Å². The van der Waals surface area contributed by atoms with Gasteiger partial charge in [0.2, 0.25) is 0 Å². The molecule has 1 heterocycles. The molecule has 0 bridgehead atoms. The van der Waals surface area contributed by atoms with E-state index >= 15 is 0 Å². The van der Waals surface area contributed by atoms with Crippen LogP contribution in [0.15, 0.2) is 0 Å². The van der Waals surface area contributed by atoms with E-state index in [-0.39, 0.29) is 0 Å². The van der Waals surface area contributed by atoms with E-state index < -0.39 is 0 Å². The first-order valence-corrected chi connectivity index (χ1v) is 2.82. The summed E-state index contributed by atoms with van der Waals surface area (Å²) in [5, 5.41) is 0. The van der Waals surface area contributed by atoms with Crippen LogP contribution >= 0.6 is 0 Å². The Balaban J connectivity index is 2.00. The lowest BCUT2D eigenvalue weighted by Crippen LogP contribution is -1.94. The molecule has 1 radical (unpaired) electrons. The average molecular weight is 80.9 g/mol. The second-order valence-corrected chi connectivity index (χ2v) is 1.93. The second kappa shape index (κ2) is 2.28. The van der Waals surface area contributed by atoms with Crippen LogP contribution < -0.4 is 0 Å². The maximum Gasteiger partial charge on any atom is 0.109 e. The van der Waals surface area contributed by atoms with E-state index in [2.05, 4.69) is 7.28 Å². The lowest BCUT2D eigenvalue weighted by atomic mass is 9.64. The van der Waals surface area contributed by atoms with Gasteiger partial charge in [-0.2, -0.15) is 0 Å². The predicted molar refractivity (Wildman–Crippen MR) is 29.2 cm³/mol. The molecule has 0 aromatic rings. The maximum atomic E-state index is 2.39. The fourth-order valence-corrected chi connectivity index (χ4v) is 0.898. The normalized spacial score (nSPS) is 22.7. The highest BCUT2D eigenvalue weighted by Gasteiger charge is 1.97. The topological polar surface area (TPSA) is 0 Å². The summed E-state index contributed by atoms with van der Waals surface area (Å²) in [7, 11) is 2.39. The van der Waals surface area contributed by atoms with Crippen LogP contribution in [-0.4, -0.2) is 7.28 Å². The van der Waals surface area contributed by atoms with Crippen molar-refractivity contribution in [3.63, 3.8) is 0 Å². The van der Waals surface area contributed by atoms with Crippen LogP contribution in [0.3, 0.4) is 0 Å². The highest BCUT2D eigenvalue weighted by Crippen LogP contribution is 2.10. The summed E-state index contributed by atoms with van der Waals surface area (Å²) < 4.78 is 0. The van der Waals surface area contributed by atoms with Crippen molar-refractivity contribution in [3.05, 3.63) is 0 Å². The van der Waals surface area contributed by atoms with Gasteiger partial charge in [0.1, 0.15) is 7.28 Å². The van der Waals surface area contributed by atoms with Crippen molar-refractivity contribution in [2.45, 2.75) is 31.9 Å². The van der Waals surface area contributed by atoms with Gasteiger partial charge in [0, 0.05) is 0 Å². The molecule has 6 heavy (non-hydrogen) atoms. The Labute approximate surface area is 40.2 Å². The zero-order chi connectivity index (χ0) is 4.24. The minimum atomic E-state index is 1.38. The third kappa shape index (κ3) is 1.04. The number of hydrogen-bond acceptors (Lipinski definition) is 0. The molecule has 0 spiro atoms. The van der Waals surface area contributed by atoms with Crippen LogP contribution in [0, 0.1) is 0 Å². The summed E-state index contributed by atoms with van der Waals surface area (Å²) >= 11 is 0. The molecular formula is C5H10B. The highest BCUT2D eigenvalue weighted by molar-refractivity contribution is 6.35. The second-order valence-electron chi connectivity index (χ2n) is 1.93. The van der Waals surface area contributed by atoms with Crippen molar-refractivity contribution < 1.29 is 0 Å². The molecule has 1 heteroatoms. The molecule has 0 N–H and O–H groups in total. The monoisotopic (exact) mass is 81.1 g/mol. The van der Waals surface area contributed by atoms with Gasteiger partial charge in [-0.25, -0.2) is 0 Å². The average Bonchev–Trinajstić information content (AvgIpc) is 1.72. The zero-order valence-corrected chi connectivity index (χ0v) is 4.11. The van der Waals surface area contributed by atoms with E-state index in [0.717, 1.165) is 0 Å². The predicted octanol–water partition coefficient (Wildman–Crippen LogP) is 1.71. The Morgan fingerprint density at radius 3 is 1.67 bits per heavy atom. The van der Waals surface area contributed by atoms with Gasteiger partial charge in [-0.15, -0.1) is 0 Å². The summed E-state index contributed by atoms with van der Waals surface area (Å²) in [6.45, 7) is 0. The molecule has 1 fully saturated rings. The van der Waals surface area contributed by atoms with Crippen molar-refractivity contribution in [2.24, 2.45) is 0 Å². The molecule has 0 amide bonds. The first kappa shape index (κ1) is 4.23. The summed E-state index contributed by atoms with van der Waals surface area (Å²) in [6, 6.07) is 0. The van der Waals surface area contributed by atoms with Crippen LogP contribution in [0.25, 0.3) is 0 Å². The molecular weight excluding hydrogens is 70.9 g/mol. The number of rotatable bonds is 0. The van der Waals surface area contributed by atoms with E-state index in [0.29, 0.717) is 0 Å². The minimum absolute atomic E-state index is 1.38. The van der Waals surface area contributed by atoms with Crippen molar-refractivity contribution >= 4 is 7.28 Å². The van der Waals surface area contributed by atoms with Crippen molar-refractivity contribution in [1.82, 2.24) is 0 Å². The molecule has 0 aromatic heterocycles. The SMILES string of the molecule is [B]1CCCCC1. The molecule has 1 rings (SSSR count). The third-order valence-corrected chi connectivity index (χ3v) is 1.32. The van der Waals surface area contributed by atoms with E-state index in [1.807, 2.05) is 0 Å². The van der Waals surface area contributed by atoms with Gasteiger partial charge in [-0.3, -0.25) is 0 Å². The van der Waals surface area contributed by atoms with Gasteiger partial charge >= 0.3 is 0 Å². The summed E-state index contributed by atoms with van der Waals surface area (Å²) in [5.41, 5.74) is 0. The third-order valence-electron chi connectivity index (χ3n) is 1.32. The highest BCUT2D eigenvalue weighted by atomic mass is 13.9. The fourth-order valence-electron chi connectivity index (χ4n) is 0.898. The standard InChI is InChI=1S/C5H10B/c1-2-4-6-5-3-1/h1-5H2. The molecule has 1 saturated heterocycles. The zero-order valence-electron chi connectivity index (χ0n) is 4.11. The maximum absolute atomic E-state index is 2.39. The van der Waals surface area contributed by atoms with Crippen LogP contribution in [0.1, 0.15) is 19.3 Å².